The predicted octanol–water partition coefficient (Wildman–Crippen LogP) is 2.30. The summed E-state index contributed by atoms with van der Waals surface area (Å²) < 4.78 is 37.7. The average molecular weight is 306 g/mol. The molecule has 8 heteroatoms. The molecule has 2 fully saturated rings. The number of nitrogens with zero attached hydrogens (tertiary/aromatic N) is 1. The van der Waals surface area contributed by atoms with Gasteiger partial charge in [-0.05, 0) is 36.9 Å². The Kier molecular flexibility index (Phi) is 3.13. The van der Waals surface area contributed by atoms with E-state index in [0.717, 1.165) is 25.1 Å². The molecule has 4 nitrogen and oxygen atoms in total. The quantitative estimate of drug-likeness (QED) is 0.881. The van der Waals surface area contributed by atoms with Crippen LogP contribution >= 0.6 is 11.6 Å². The number of amides is 1. The fourth-order valence-corrected chi connectivity index (χ4v) is 2.67. The summed E-state index contributed by atoms with van der Waals surface area (Å²) >= 11 is 5.78. The SMILES string of the molecule is O=C(Nc1nc(C(F)(F)F)ccc1Cl)C1NCC2CC21. The third kappa shape index (κ3) is 2.47. The Balaban J connectivity index is 1.77. The molecule has 1 aromatic rings. The Morgan fingerprint density at radius 2 is 2.20 bits per heavy atom. The summed E-state index contributed by atoms with van der Waals surface area (Å²) in [7, 11) is 0. The largest absolute Gasteiger partial charge is 0.433 e. The topological polar surface area (TPSA) is 54.0 Å². The molecule has 2 heterocycles. The zero-order valence-corrected chi connectivity index (χ0v) is 10.9. The number of carbonyl (C=O) groups is 1. The number of hydrogen-bond donors (Lipinski definition) is 2. The number of rotatable bonds is 2. The Bertz CT molecular complexity index is 563. The summed E-state index contributed by atoms with van der Waals surface area (Å²) in [4.78, 5) is 15.4. The van der Waals surface area contributed by atoms with Crippen molar-refractivity contribution in [1.82, 2.24) is 10.3 Å². The third-order valence-electron chi connectivity index (χ3n) is 3.67. The number of alkyl halides is 3. The molecule has 1 amide bonds. The van der Waals surface area contributed by atoms with Crippen molar-refractivity contribution >= 4 is 23.3 Å². The van der Waals surface area contributed by atoms with Crippen molar-refractivity contribution in [3.63, 3.8) is 0 Å². The first-order valence-corrected chi connectivity index (χ1v) is 6.52. The summed E-state index contributed by atoms with van der Waals surface area (Å²) in [6.07, 6.45) is -3.59. The summed E-state index contributed by atoms with van der Waals surface area (Å²) in [6.45, 7) is 0.770. The first-order valence-electron chi connectivity index (χ1n) is 6.14. The Hall–Kier alpha value is -1.34. The highest BCUT2D eigenvalue weighted by Gasteiger charge is 2.51. The molecule has 1 aliphatic heterocycles. The first kappa shape index (κ1) is 13.6. The van der Waals surface area contributed by atoms with Crippen LogP contribution in [0.3, 0.4) is 0 Å². The van der Waals surface area contributed by atoms with Crippen LogP contribution < -0.4 is 10.6 Å². The number of fused-ring (bicyclic) bond motifs is 1. The molecule has 1 saturated heterocycles. The van der Waals surface area contributed by atoms with E-state index in [1.807, 2.05) is 0 Å². The Morgan fingerprint density at radius 1 is 1.45 bits per heavy atom. The standard InChI is InChI=1S/C12H11ClF3N3O/c13-7-1-2-8(12(14,15)16)18-10(7)19-11(20)9-6-3-5(6)4-17-9/h1-2,5-6,9,17H,3-4H2,(H,18,19,20). The summed E-state index contributed by atoms with van der Waals surface area (Å²) in [6, 6.07) is 1.49. The van der Waals surface area contributed by atoms with Crippen molar-refractivity contribution in [3.8, 4) is 0 Å². The highest BCUT2D eigenvalue weighted by Crippen LogP contribution is 2.45. The van der Waals surface area contributed by atoms with E-state index in [-0.39, 0.29) is 28.7 Å². The van der Waals surface area contributed by atoms with Crippen molar-refractivity contribution in [2.45, 2.75) is 18.6 Å². The molecule has 1 saturated carbocycles. The van der Waals surface area contributed by atoms with Gasteiger partial charge in [0.05, 0.1) is 11.1 Å². The molecule has 2 aliphatic rings. The number of carbonyl (C=O) groups excluding carboxylic acids is 1. The molecule has 0 aromatic carbocycles. The average Bonchev–Trinajstić information content (AvgIpc) is 3.01. The van der Waals surface area contributed by atoms with Gasteiger partial charge in [-0.3, -0.25) is 4.79 Å². The van der Waals surface area contributed by atoms with Gasteiger partial charge in [-0.15, -0.1) is 0 Å². The molecular formula is C12H11ClF3N3O. The van der Waals surface area contributed by atoms with E-state index in [1.165, 1.54) is 0 Å². The highest BCUT2D eigenvalue weighted by molar-refractivity contribution is 6.33. The van der Waals surface area contributed by atoms with Crippen LogP contribution in [0.2, 0.25) is 5.02 Å². The number of hydrogen-bond acceptors (Lipinski definition) is 3. The lowest BCUT2D eigenvalue weighted by molar-refractivity contribution is -0.141. The Labute approximate surface area is 117 Å². The zero-order valence-electron chi connectivity index (χ0n) is 10.2. The molecule has 0 bridgehead atoms. The van der Waals surface area contributed by atoms with Gasteiger partial charge in [0.1, 0.15) is 5.69 Å². The molecule has 1 aliphatic carbocycles. The van der Waals surface area contributed by atoms with Crippen LogP contribution in [0.4, 0.5) is 19.0 Å². The van der Waals surface area contributed by atoms with Crippen molar-refractivity contribution in [3.05, 3.63) is 22.8 Å². The minimum Gasteiger partial charge on any atom is -0.308 e. The van der Waals surface area contributed by atoms with Crippen LogP contribution in [-0.4, -0.2) is 23.5 Å². The fourth-order valence-electron chi connectivity index (χ4n) is 2.51. The van der Waals surface area contributed by atoms with Crippen molar-refractivity contribution in [2.24, 2.45) is 11.8 Å². The second-order valence-corrected chi connectivity index (χ2v) is 5.47. The minimum atomic E-state index is -4.57. The molecule has 1 aromatic heterocycles. The number of nitrogens with one attached hydrogen (secondary N) is 2. The van der Waals surface area contributed by atoms with Crippen LogP contribution in [0.5, 0.6) is 0 Å². The zero-order chi connectivity index (χ0) is 14.5. The third-order valence-corrected chi connectivity index (χ3v) is 3.97. The molecule has 2 N–H and O–H groups in total. The van der Waals surface area contributed by atoms with Gasteiger partial charge in [-0.25, -0.2) is 4.98 Å². The lowest BCUT2D eigenvalue weighted by atomic mass is 10.2. The summed E-state index contributed by atoms with van der Waals surface area (Å²) in [5, 5.41) is 5.40. The van der Waals surface area contributed by atoms with Crippen molar-refractivity contribution < 1.29 is 18.0 Å². The van der Waals surface area contributed by atoms with Crippen LogP contribution in [0.25, 0.3) is 0 Å². The van der Waals surface area contributed by atoms with Gasteiger partial charge in [0, 0.05) is 0 Å². The van der Waals surface area contributed by atoms with E-state index in [4.69, 9.17) is 11.6 Å². The number of halogens is 4. The maximum Gasteiger partial charge on any atom is 0.433 e. The second-order valence-electron chi connectivity index (χ2n) is 5.06. The van der Waals surface area contributed by atoms with E-state index >= 15 is 0 Å². The second kappa shape index (κ2) is 4.60. The van der Waals surface area contributed by atoms with Gasteiger partial charge in [-0.1, -0.05) is 11.6 Å². The molecule has 3 atom stereocenters. The molecule has 20 heavy (non-hydrogen) atoms. The van der Waals surface area contributed by atoms with Crippen LogP contribution in [0.1, 0.15) is 12.1 Å². The number of anilines is 1. The summed E-state index contributed by atoms with van der Waals surface area (Å²) in [5.41, 5.74) is -1.08. The summed E-state index contributed by atoms with van der Waals surface area (Å²) in [5.74, 6) is 0.149. The maximum atomic E-state index is 12.6. The molecule has 108 valence electrons. The van der Waals surface area contributed by atoms with Crippen LogP contribution in [0.15, 0.2) is 12.1 Å². The molecule has 3 unspecified atom stereocenters. The van der Waals surface area contributed by atoms with E-state index < -0.39 is 11.9 Å². The van der Waals surface area contributed by atoms with E-state index in [1.54, 1.807) is 0 Å². The molecule has 3 rings (SSSR count). The van der Waals surface area contributed by atoms with Gasteiger partial charge in [0.15, 0.2) is 5.82 Å². The normalized spacial score (nSPS) is 28.1. The first-order chi connectivity index (χ1) is 9.36. The highest BCUT2D eigenvalue weighted by atomic mass is 35.5. The molecule has 0 radical (unpaired) electrons. The van der Waals surface area contributed by atoms with Crippen LogP contribution in [-0.2, 0) is 11.0 Å². The number of pyridine rings is 1. The smallest absolute Gasteiger partial charge is 0.308 e. The number of aromatic nitrogens is 1. The molecular weight excluding hydrogens is 295 g/mol. The van der Waals surface area contributed by atoms with Gasteiger partial charge < -0.3 is 10.6 Å². The van der Waals surface area contributed by atoms with Crippen LogP contribution in [0, 0.1) is 11.8 Å². The van der Waals surface area contributed by atoms with Gasteiger partial charge in [0.2, 0.25) is 5.91 Å². The lowest BCUT2D eigenvalue weighted by Crippen LogP contribution is -2.39. The predicted molar refractivity (Wildman–Crippen MR) is 66.3 cm³/mol. The minimum absolute atomic E-state index is 0.0170. The van der Waals surface area contributed by atoms with Gasteiger partial charge in [0.25, 0.3) is 0 Å². The van der Waals surface area contributed by atoms with E-state index in [9.17, 15) is 18.0 Å². The monoisotopic (exact) mass is 305 g/mol. The number of piperidine rings is 1. The van der Waals surface area contributed by atoms with E-state index in [2.05, 4.69) is 15.6 Å². The lowest BCUT2D eigenvalue weighted by Gasteiger charge is -2.15. The fraction of sp³-hybridized carbons (Fsp3) is 0.500. The van der Waals surface area contributed by atoms with Crippen molar-refractivity contribution in [2.75, 3.05) is 11.9 Å². The van der Waals surface area contributed by atoms with Gasteiger partial charge in [-0.2, -0.15) is 13.2 Å². The maximum absolute atomic E-state index is 12.6. The van der Waals surface area contributed by atoms with Gasteiger partial charge >= 0.3 is 6.18 Å². The van der Waals surface area contributed by atoms with E-state index in [0.29, 0.717) is 5.92 Å². The Morgan fingerprint density at radius 3 is 2.75 bits per heavy atom. The van der Waals surface area contributed by atoms with Crippen molar-refractivity contribution in [1.29, 1.82) is 0 Å². The molecule has 0 spiro atoms.